The van der Waals surface area contributed by atoms with Crippen molar-refractivity contribution in [1.29, 1.82) is 0 Å². The van der Waals surface area contributed by atoms with Crippen LogP contribution in [0.1, 0.15) is 16.7 Å². The lowest BCUT2D eigenvalue weighted by molar-refractivity contribution is -0.384. The van der Waals surface area contributed by atoms with Gasteiger partial charge < -0.3 is 14.8 Å². The zero-order chi connectivity index (χ0) is 20.0. The number of thiophene rings is 1. The van der Waals surface area contributed by atoms with Gasteiger partial charge in [0.25, 0.3) is 11.6 Å². The summed E-state index contributed by atoms with van der Waals surface area (Å²) in [5, 5.41) is 13.5. The Hall–Kier alpha value is -3.20. The number of nitrogens with zero attached hydrogens (tertiary/aromatic N) is 1. The van der Waals surface area contributed by atoms with Gasteiger partial charge in [0.1, 0.15) is 11.4 Å². The SMILES string of the molecule is COc1ccc(NC(=O)[C@@H](C)OC(=O)/C=C/c2ccc(C)s2)c([N+](=O)[O-])c1. The molecule has 2 rings (SSSR count). The fourth-order valence-corrected chi connectivity index (χ4v) is 2.87. The number of nitrogens with one attached hydrogen (secondary N) is 1. The molecule has 142 valence electrons. The minimum atomic E-state index is -1.13. The molecule has 0 saturated carbocycles. The number of ether oxygens (including phenoxy) is 2. The van der Waals surface area contributed by atoms with Crippen LogP contribution in [0.5, 0.6) is 5.75 Å². The minimum Gasteiger partial charge on any atom is -0.496 e. The fourth-order valence-electron chi connectivity index (χ4n) is 2.09. The molecule has 1 atom stereocenters. The van der Waals surface area contributed by atoms with Gasteiger partial charge in [-0.3, -0.25) is 14.9 Å². The second-order valence-electron chi connectivity index (χ2n) is 5.49. The van der Waals surface area contributed by atoms with E-state index in [-0.39, 0.29) is 17.1 Å². The zero-order valence-electron chi connectivity index (χ0n) is 14.9. The molecule has 0 unspecified atom stereocenters. The first-order valence-electron chi connectivity index (χ1n) is 7.88. The summed E-state index contributed by atoms with van der Waals surface area (Å²) in [6.45, 7) is 3.33. The summed E-state index contributed by atoms with van der Waals surface area (Å²) in [7, 11) is 1.38. The Bertz CT molecular complexity index is 890. The summed E-state index contributed by atoms with van der Waals surface area (Å²) in [5.41, 5.74) is -0.340. The van der Waals surface area contributed by atoms with Gasteiger partial charge in [-0.25, -0.2) is 4.79 Å². The Balaban J connectivity index is 2.00. The van der Waals surface area contributed by atoms with Crippen LogP contribution in [-0.4, -0.2) is 30.0 Å². The molecule has 1 heterocycles. The first kappa shape index (κ1) is 20.1. The predicted molar refractivity (Wildman–Crippen MR) is 102 cm³/mol. The van der Waals surface area contributed by atoms with Crippen LogP contribution in [-0.2, 0) is 14.3 Å². The molecular weight excluding hydrogens is 372 g/mol. The molecule has 0 saturated heterocycles. The van der Waals surface area contributed by atoms with Crippen molar-refractivity contribution in [3.8, 4) is 5.75 Å². The second-order valence-corrected chi connectivity index (χ2v) is 6.81. The van der Waals surface area contributed by atoms with Crippen molar-refractivity contribution >= 4 is 40.7 Å². The molecule has 0 bridgehead atoms. The number of rotatable bonds is 7. The van der Waals surface area contributed by atoms with Crippen LogP contribution in [0, 0.1) is 17.0 Å². The van der Waals surface area contributed by atoms with Gasteiger partial charge in [-0.1, -0.05) is 0 Å². The molecule has 1 N–H and O–H groups in total. The number of carbonyl (C=O) groups is 2. The maximum Gasteiger partial charge on any atom is 0.331 e. The van der Waals surface area contributed by atoms with Crippen LogP contribution >= 0.6 is 11.3 Å². The molecular formula is C18H18N2O6S. The maximum atomic E-state index is 12.2. The number of nitro benzene ring substituents is 1. The third kappa shape index (κ3) is 5.65. The number of esters is 1. The van der Waals surface area contributed by atoms with Gasteiger partial charge in [-0.15, -0.1) is 11.3 Å². The van der Waals surface area contributed by atoms with E-state index in [0.717, 1.165) is 9.75 Å². The van der Waals surface area contributed by atoms with E-state index in [2.05, 4.69) is 5.32 Å². The van der Waals surface area contributed by atoms with Gasteiger partial charge in [-0.2, -0.15) is 0 Å². The molecule has 1 aromatic heterocycles. The highest BCUT2D eigenvalue weighted by Crippen LogP contribution is 2.29. The number of methoxy groups -OCH3 is 1. The van der Waals surface area contributed by atoms with E-state index in [1.165, 1.54) is 49.6 Å². The smallest absolute Gasteiger partial charge is 0.331 e. The average Bonchev–Trinajstić information content (AvgIpc) is 3.05. The first-order chi connectivity index (χ1) is 12.8. The normalized spacial score (nSPS) is 11.8. The van der Waals surface area contributed by atoms with E-state index >= 15 is 0 Å². The lowest BCUT2D eigenvalue weighted by Gasteiger charge is -2.13. The van der Waals surface area contributed by atoms with Gasteiger partial charge in [-0.05, 0) is 44.2 Å². The number of carbonyl (C=O) groups excluding carboxylic acids is 2. The number of aryl methyl sites for hydroxylation is 1. The van der Waals surface area contributed by atoms with Crippen molar-refractivity contribution in [2.24, 2.45) is 0 Å². The van der Waals surface area contributed by atoms with Crippen molar-refractivity contribution in [3.63, 3.8) is 0 Å². The van der Waals surface area contributed by atoms with Gasteiger partial charge in [0.05, 0.1) is 18.1 Å². The Kier molecular flexibility index (Phi) is 6.67. The first-order valence-corrected chi connectivity index (χ1v) is 8.70. The van der Waals surface area contributed by atoms with Crippen LogP contribution in [0.2, 0.25) is 0 Å². The highest BCUT2D eigenvalue weighted by molar-refractivity contribution is 7.12. The molecule has 8 nitrogen and oxygen atoms in total. The summed E-state index contributed by atoms with van der Waals surface area (Å²) in [4.78, 5) is 36.5. The third-order valence-electron chi connectivity index (χ3n) is 3.47. The van der Waals surface area contributed by atoms with Crippen LogP contribution in [0.15, 0.2) is 36.4 Å². The van der Waals surface area contributed by atoms with Crippen LogP contribution in [0.3, 0.4) is 0 Å². The summed E-state index contributed by atoms with van der Waals surface area (Å²) in [5.74, 6) is -1.09. The molecule has 0 spiro atoms. The molecule has 0 radical (unpaired) electrons. The van der Waals surface area contributed by atoms with Crippen LogP contribution in [0.4, 0.5) is 11.4 Å². The van der Waals surface area contributed by atoms with E-state index in [4.69, 9.17) is 9.47 Å². The largest absolute Gasteiger partial charge is 0.496 e. The van der Waals surface area contributed by atoms with Crippen molar-refractivity contribution in [2.45, 2.75) is 20.0 Å². The third-order valence-corrected chi connectivity index (χ3v) is 4.43. The second kappa shape index (κ2) is 8.95. The lowest BCUT2D eigenvalue weighted by Crippen LogP contribution is -2.29. The van der Waals surface area contributed by atoms with E-state index in [0.29, 0.717) is 0 Å². The van der Waals surface area contributed by atoms with Gasteiger partial charge in [0.2, 0.25) is 0 Å². The van der Waals surface area contributed by atoms with Crippen molar-refractivity contribution in [3.05, 3.63) is 56.3 Å². The molecule has 2 aromatic rings. The van der Waals surface area contributed by atoms with Crippen molar-refractivity contribution in [1.82, 2.24) is 0 Å². The van der Waals surface area contributed by atoms with E-state index < -0.39 is 22.9 Å². The molecule has 1 amide bonds. The van der Waals surface area contributed by atoms with Crippen LogP contribution < -0.4 is 10.1 Å². The number of amides is 1. The highest BCUT2D eigenvalue weighted by Gasteiger charge is 2.22. The maximum absolute atomic E-state index is 12.2. The lowest BCUT2D eigenvalue weighted by atomic mass is 10.2. The Labute approximate surface area is 159 Å². The molecule has 27 heavy (non-hydrogen) atoms. The van der Waals surface area contributed by atoms with Crippen LogP contribution in [0.25, 0.3) is 6.08 Å². The standard InChI is InChI=1S/C18H18N2O6S/c1-11-4-6-14(27-11)7-9-17(21)26-12(2)18(22)19-15-8-5-13(25-3)10-16(15)20(23)24/h4-10,12H,1-3H3,(H,19,22)/b9-7+/t12-/m1/s1. The number of benzene rings is 1. The minimum absolute atomic E-state index is 0.0155. The predicted octanol–water partition coefficient (Wildman–Crippen LogP) is 3.56. The Morgan fingerprint density at radius 1 is 1.30 bits per heavy atom. The Morgan fingerprint density at radius 2 is 2.04 bits per heavy atom. The summed E-state index contributed by atoms with van der Waals surface area (Å²) < 4.78 is 9.97. The number of hydrogen-bond donors (Lipinski definition) is 1. The molecule has 9 heteroatoms. The van der Waals surface area contributed by atoms with Gasteiger partial charge in [0, 0.05) is 15.8 Å². The summed E-state index contributed by atoms with van der Waals surface area (Å²) in [6, 6.07) is 7.81. The van der Waals surface area contributed by atoms with E-state index in [9.17, 15) is 19.7 Å². The number of nitro groups is 1. The van der Waals surface area contributed by atoms with E-state index in [1.54, 1.807) is 6.08 Å². The fraction of sp³-hybridized carbons (Fsp3) is 0.222. The quantitative estimate of drug-likeness (QED) is 0.335. The van der Waals surface area contributed by atoms with Gasteiger partial charge in [0.15, 0.2) is 6.10 Å². The molecule has 1 aromatic carbocycles. The average molecular weight is 390 g/mol. The molecule has 0 aliphatic carbocycles. The van der Waals surface area contributed by atoms with Crippen molar-refractivity contribution < 1.29 is 24.0 Å². The van der Waals surface area contributed by atoms with Gasteiger partial charge >= 0.3 is 5.97 Å². The van der Waals surface area contributed by atoms with Crippen molar-refractivity contribution in [2.75, 3.05) is 12.4 Å². The number of hydrogen-bond acceptors (Lipinski definition) is 7. The topological polar surface area (TPSA) is 108 Å². The molecule has 0 fully saturated rings. The number of anilines is 1. The monoisotopic (exact) mass is 390 g/mol. The molecule has 0 aliphatic heterocycles. The zero-order valence-corrected chi connectivity index (χ0v) is 15.7. The molecule has 0 aliphatic rings. The highest BCUT2D eigenvalue weighted by atomic mass is 32.1. The Morgan fingerprint density at radius 3 is 2.63 bits per heavy atom. The van der Waals surface area contributed by atoms with E-state index in [1.807, 2.05) is 19.1 Å². The summed E-state index contributed by atoms with van der Waals surface area (Å²) in [6.07, 6.45) is 1.69. The summed E-state index contributed by atoms with van der Waals surface area (Å²) >= 11 is 1.52.